The molecule has 3 amide bonds. The second-order valence-electron chi connectivity index (χ2n) is 10.5. The summed E-state index contributed by atoms with van der Waals surface area (Å²) in [6.07, 6.45) is -0.557. The molecule has 0 atom stereocenters. The van der Waals surface area contributed by atoms with Crippen LogP contribution in [0.3, 0.4) is 0 Å². The van der Waals surface area contributed by atoms with E-state index in [4.69, 9.17) is 14.2 Å². The normalized spacial score (nSPS) is 13.2. The highest BCUT2D eigenvalue weighted by atomic mass is 28.1. The van der Waals surface area contributed by atoms with E-state index in [0.717, 1.165) is 0 Å². The lowest BCUT2D eigenvalue weighted by Gasteiger charge is -2.15. The van der Waals surface area contributed by atoms with Crippen molar-refractivity contribution in [1.82, 2.24) is 0 Å². The van der Waals surface area contributed by atoms with Gasteiger partial charge < -0.3 is 14.2 Å². The molecule has 3 aromatic carbocycles. The highest BCUT2D eigenvalue weighted by molar-refractivity contribution is 6.15. The number of rotatable bonds is 13. The SMILES string of the molecule is CC(C)Oc1ccccc1C(=O)N=NCC([Si])(N=NC(=O)c1ccccc1OC(C)C)N=NC(=O)c1ccccc1OC(C)C. The fourth-order valence-corrected chi connectivity index (χ4v) is 3.87. The molecule has 0 saturated carbocycles. The summed E-state index contributed by atoms with van der Waals surface area (Å²) in [6, 6.07) is 19.7. The molecule has 0 aliphatic heterocycles. The summed E-state index contributed by atoms with van der Waals surface area (Å²) in [4.78, 5) is 39.0. The van der Waals surface area contributed by atoms with Gasteiger partial charge >= 0.3 is 0 Å². The number of carbonyl (C=O) groups is 3. The summed E-state index contributed by atoms with van der Waals surface area (Å²) < 4.78 is 17.1. The smallest absolute Gasteiger partial charge is 0.298 e. The third kappa shape index (κ3) is 10.6. The van der Waals surface area contributed by atoms with E-state index < -0.39 is 29.6 Å². The minimum Gasteiger partial charge on any atom is -0.490 e. The quantitative estimate of drug-likeness (QED) is 0.146. The zero-order valence-corrected chi connectivity index (χ0v) is 27.0. The summed E-state index contributed by atoms with van der Waals surface area (Å²) in [5.41, 5.74) is 0.525. The summed E-state index contributed by atoms with van der Waals surface area (Å²) in [7, 11) is 3.35. The molecule has 0 bridgehead atoms. The molecule has 0 spiro atoms. The van der Waals surface area contributed by atoms with Gasteiger partial charge in [0.2, 0.25) is 0 Å². The number of amides is 3. The van der Waals surface area contributed by atoms with Gasteiger partial charge in [0.15, 0.2) is 5.29 Å². The van der Waals surface area contributed by atoms with Crippen molar-refractivity contribution in [2.24, 2.45) is 30.7 Å². The molecular formula is C32H35N6O6Si. The lowest BCUT2D eigenvalue weighted by Crippen LogP contribution is -2.28. The van der Waals surface area contributed by atoms with E-state index in [1.54, 1.807) is 72.8 Å². The Kier molecular flexibility index (Phi) is 12.5. The first-order chi connectivity index (χ1) is 21.4. The fraction of sp³-hybridized carbons (Fsp3) is 0.344. The van der Waals surface area contributed by atoms with Crippen LogP contribution in [0.15, 0.2) is 103 Å². The van der Waals surface area contributed by atoms with Crippen molar-refractivity contribution in [2.45, 2.75) is 65.1 Å². The van der Waals surface area contributed by atoms with Crippen molar-refractivity contribution < 1.29 is 28.6 Å². The van der Waals surface area contributed by atoms with E-state index in [9.17, 15) is 14.4 Å². The molecule has 3 radical (unpaired) electrons. The second-order valence-corrected chi connectivity index (χ2v) is 11.3. The molecule has 12 nitrogen and oxygen atoms in total. The molecule has 0 aliphatic carbocycles. The van der Waals surface area contributed by atoms with E-state index in [2.05, 4.69) is 40.9 Å². The number of hydrogen-bond acceptors (Lipinski definition) is 9. The van der Waals surface area contributed by atoms with Crippen LogP contribution in [0.25, 0.3) is 0 Å². The first-order valence-electron chi connectivity index (χ1n) is 14.3. The maximum atomic E-state index is 13.1. The van der Waals surface area contributed by atoms with Gasteiger partial charge in [0.25, 0.3) is 17.7 Å². The average molecular weight is 628 g/mol. The van der Waals surface area contributed by atoms with Gasteiger partial charge in [-0.25, -0.2) is 0 Å². The van der Waals surface area contributed by atoms with Gasteiger partial charge in [-0.1, -0.05) is 36.4 Å². The molecule has 0 fully saturated rings. The Morgan fingerprint density at radius 1 is 0.578 bits per heavy atom. The fourth-order valence-electron chi connectivity index (χ4n) is 3.70. The van der Waals surface area contributed by atoms with Gasteiger partial charge in [0.05, 0.1) is 35.0 Å². The van der Waals surface area contributed by atoms with E-state index in [1.165, 1.54) is 0 Å². The maximum Gasteiger partial charge on any atom is 0.298 e. The molecule has 45 heavy (non-hydrogen) atoms. The van der Waals surface area contributed by atoms with Gasteiger partial charge in [-0.05, 0) is 77.9 Å². The van der Waals surface area contributed by atoms with Gasteiger partial charge in [-0.3, -0.25) is 14.4 Å². The van der Waals surface area contributed by atoms with Crippen molar-refractivity contribution in [3.05, 3.63) is 89.5 Å². The van der Waals surface area contributed by atoms with Crippen LogP contribution in [-0.4, -0.2) is 58.1 Å². The van der Waals surface area contributed by atoms with Crippen LogP contribution in [0.4, 0.5) is 0 Å². The molecule has 0 unspecified atom stereocenters. The minimum absolute atomic E-state index is 0.162. The van der Waals surface area contributed by atoms with Crippen molar-refractivity contribution >= 4 is 28.0 Å². The predicted molar refractivity (Wildman–Crippen MR) is 168 cm³/mol. The molecule has 3 rings (SSSR count). The number of hydrogen-bond donors (Lipinski definition) is 0. The molecule has 0 aliphatic rings. The molecule has 233 valence electrons. The molecule has 0 N–H and O–H groups in total. The predicted octanol–water partition coefficient (Wildman–Crippen LogP) is 7.05. The highest BCUT2D eigenvalue weighted by Crippen LogP contribution is 2.24. The summed E-state index contributed by atoms with van der Waals surface area (Å²) in [5.74, 6) is -1.16. The first kappa shape index (κ1) is 34.6. The molecule has 13 heteroatoms. The van der Waals surface area contributed by atoms with Gasteiger partial charge in [-0.15, -0.1) is 15.3 Å². The summed E-state index contributed by atoms with van der Waals surface area (Å²) in [6.45, 7) is 10.5. The van der Waals surface area contributed by atoms with Crippen LogP contribution in [0.1, 0.15) is 72.6 Å². The molecule has 3 aromatic rings. The minimum atomic E-state index is -1.88. The zero-order valence-electron chi connectivity index (χ0n) is 26.0. The Balaban J connectivity index is 1.93. The largest absolute Gasteiger partial charge is 0.490 e. The topological polar surface area (TPSA) is 153 Å². The lowest BCUT2D eigenvalue weighted by atomic mass is 10.2. The zero-order chi connectivity index (χ0) is 33.0. The molecule has 0 aromatic heterocycles. The first-order valence-corrected chi connectivity index (χ1v) is 14.8. The second kappa shape index (κ2) is 16.2. The Hall–Kier alpha value is -4.91. The van der Waals surface area contributed by atoms with Crippen molar-refractivity contribution in [3.8, 4) is 17.2 Å². The highest BCUT2D eigenvalue weighted by Gasteiger charge is 2.27. The van der Waals surface area contributed by atoms with Crippen molar-refractivity contribution in [3.63, 3.8) is 0 Å². The van der Waals surface area contributed by atoms with Crippen LogP contribution in [0.5, 0.6) is 17.2 Å². The Morgan fingerprint density at radius 3 is 1.22 bits per heavy atom. The Bertz CT molecular complexity index is 1510. The number of ether oxygens (including phenoxy) is 3. The molecular weight excluding hydrogens is 592 g/mol. The summed E-state index contributed by atoms with van der Waals surface area (Å²) in [5, 5.41) is 21.5. The monoisotopic (exact) mass is 627 g/mol. The van der Waals surface area contributed by atoms with Crippen LogP contribution in [-0.2, 0) is 0 Å². The number of carbonyl (C=O) groups excluding carboxylic acids is 3. The number of nitrogens with zero attached hydrogens (tertiary/aromatic N) is 6. The van der Waals surface area contributed by atoms with Gasteiger partial charge in [-0.2, -0.15) is 15.3 Å². The molecule has 0 heterocycles. The Morgan fingerprint density at radius 2 is 0.889 bits per heavy atom. The number of azo groups is 3. The van der Waals surface area contributed by atoms with Crippen molar-refractivity contribution in [1.29, 1.82) is 0 Å². The third-order valence-corrected chi connectivity index (χ3v) is 5.86. The number of para-hydroxylation sites is 3. The van der Waals surface area contributed by atoms with Crippen LogP contribution < -0.4 is 14.2 Å². The number of benzene rings is 3. The van der Waals surface area contributed by atoms with Crippen LogP contribution in [0.2, 0.25) is 0 Å². The summed E-state index contributed by atoms with van der Waals surface area (Å²) >= 11 is 0. The van der Waals surface area contributed by atoms with Gasteiger partial charge in [0, 0.05) is 0 Å². The van der Waals surface area contributed by atoms with E-state index in [1.807, 2.05) is 41.5 Å². The Labute approximate surface area is 265 Å². The lowest BCUT2D eigenvalue weighted by molar-refractivity contribution is 0.0972. The third-order valence-electron chi connectivity index (χ3n) is 5.51. The van der Waals surface area contributed by atoms with Crippen LogP contribution >= 0.6 is 0 Å². The van der Waals surface area contributed by atoms with Crippen LogP contribution in [0, 0.1) is 0 Å². The van der Waals surface area contributed by atoms with Crippen molar-refractivity contribution in [2.75, 3.05) is 6.54 Å². The standard InChI is InChI=1S/C32H35N6O6Si/c1-20(2)42-26-16-10-7-13-23(26)29(39)34-33-19-32(45,37-35-30(40)24-14-8-11-17-27(24)43-21(3)4)38-36-31(41)25-15-9-12-18-28(25)44-22(5)6/h7-18,20-22H,19H2,1-6H3. The molecule has 0 saturated heterocycles. The van der Waals surface area contributed by atoms with Gasteiger partial charge in [0.1, 0.15) is 34.0 Å². The average Bonchev–Trinajstić information content (AvgIpc) is 2.98. The van der Waals surface area contributed by atoms with E-state index in [-0.39, 0.29) is 35.0 Å². The van der Waals surface area contributed by atoms with E-state index in [0.29, 0.717) is 17.2 Å². The maximum absolute atomic E-state index is 13.1. The van der Waals surface area contributed by atoms with E-state index >= 15 is 0 Å².